The van der Waals surface area contributed by atoms with E-state index in [0.29, 0.717) is 22.6 Å². The topological polar surface area (TPSA) is 120 Å². The van der Waals surface area contributed by atoms with Crippen molar-refractivity contribution in [2.24, 2.45) is 5.73 Å². The van der Waals surface area contributed by atoms with Gasteiger partial charge in [0.25, 0.3) is 11.8 Å². The molecule has 0 radical (unpaired) electrons. The van der Waals surface area contributed by atoms with Gasteiger partial charge in [0.05, 0.1) is 25.8 Å². The van der Waals surface area contributed by atoms with E-state index in [-0.39, 0.29) is 24.0 Å². The Morgan fingerprint density at radius 3 is 2.18 bits per heavy atom. The zero-order valence-electron chi connectivity index (χ0n) is 15.4. The molecule has 0 atom stereocenters. The fourth-order valence-corrected chi connectivity index (χ4v) is 2.66. The molecule has 0 aliphatic rings. The lowest BCUT2D eigenvalue weighted by Crippen LogP contribution is -2.33. The molecular formula is C19H20ClN3O5. The quantitative estimate of drug-likeness (QED) is 0.614. The predicted octanol–water partition coefficient (Wildman–Crippen LogP) is 1.50. The molecule has 8 nitrogen and oxygen atoms in total. The number of hydrogen-bond donors (Lipinski definition) is 3. The number of nitrogens with one attached hydrogen (secondary N) is 2. The molecule has 0 aliphatic heterocycles. The summed E-state index contributed by atoms with van der Waals surface area (Å²) < 4.78 is 10.3. The third-order valence-electron chi connectivity index (χ3n) is 3.79. The second-order valence-electron chi connectivity index (χ2n) is 5.72. The van der Waals surface area contributed by atoms with Gasteiger partial charge in [0.15, 0.2) is 11.5 Å². The van der Waals surface area contributed by atoms with Crippen molar-refractivity contribution in [1.29, 1.82) is 0 Å². The van der Waals surface area contributed by atoms with Crippen LogP contribution in [0.5, 0.6) is 11.5 Å². The van der Waals surface area contributed by atoms with Crippen molar-refractivity contribution < 1.29 is 23.9 Å². The van der Waals surface area contributed by atoms with Crippen LogP contribution in [0.25, 0.3) is 0 Å². The lowest BCUT2D eigenvalue weighted by Gasteiger charge is -2.12. The maximum absolute atomic E-state index is 12.4. The fourth-order valence-electron chi connectivity index (χ4n) is 2.38. The largest absolute Gasteiger partial charge is 0.493 e. The van der Waals surface area contributed by atoms with Gasteiger partial charge in [-0.3, -0.25) is 14.4 Å². The van der Waals surface area contributed by atoms with Crippen molar-refractivity contribution in [2.45, 2.75) is 6.54 Å². The summed E-state index contributed by atoms with van der Waals surface area (Å²) >= 11 is 6.12. The van der Waals surface area contributed by atoms with Crippen LogP contribution in [0.3, 0.4) is 0 Å². The van der Waals surface area contributed by atoms with Crippen molar-refractivity contribution in [2.75, 3.05) is 20.8 Å². The van der Waals surface area contributed by atoms with Gasteiger partial charge in [-0.2, -0.15) is 0 Å². The zero-order valence-corrected chi connectivity index (χ0v) is 16.1. The van der Waals surface area contributed by atoms with Crippen LogP contribution in [0.15, 0.2) is 36.4 Å². The van der Waals surface area contributed by atoms with E-state index in [2.05, 4.69) is 10.6 Å². The summed E-state index contributed by atoms with van der Waals surface area (Å²) in [7, 11) is 2.91. The van der Waals surface area contributed by atoms with Gasteiger partial charge in [-0.25, -0.2) is 0 Å². The highest BCUT2D eigenvalue weighted by Crippen LogP contribution is 2.35. The maximum Gasteiger partial charge on any atom is 0.251 e. The van der Waals surface area contributed by atoms with Crippen molar-refractivity contribution in [1.82, 2.24) is 10.6 Å². The monoisotopic (exact) mass is 405 g/mol. The Labute approximate surface area is 166 Å². The molecule has 2 rings (SSSR count). The number of carbonyl (C=O) groups excluding carboxylic acids is 3. The number of nitrogens with two attached hydrogens (primary N) is 1. The number of halogens is 1. The van der Waals surface area contributed by atoms with Crippen LogP contribution in [-0.4, -0.2) is 38.5 Å². The molecule has 3 amide bonds. The SMILES string of the molecule is COc1cc(C(=O)NCc2ccc(C(=O)NCC(N)=O)cc2)cc(Cl)c1OC. The molecule has 148 valence electrons. The van der Waals surface area contributed by atoms with Crippen LogP contribution in [0.4, 0.5) is 0 Å². The predicted molar refractivity (Wildman–Crippen MR) is 104 cm³/mol. The number of ether oxygens (including phenoxy) is 2. The van der Waals surface area contributed by atoms with Gasteiger partial charge in [0, 0.05) is 17.7 Å². The molecule has 0 heterocycles. The van der Waals surface area contributed by atoms with Gasteiger partial charge in [-0.05, 0) is 29.8 Å². The summed E-state index contributed by atoms with van der Waals surface area (Å²) in [5.74, 6) is -0.666. The maximum atomic E-state index is 12.4. The highest BCUT2D eigenvalue weighted by atomic mass is 35.5. The van der Waals surface area contributed by atoms with Crippen molar-refractivity contribution >= 4 is 29.3 Å². The molecule has 28 heavy (non-hydrogen) atoms. The van der Waals surface area contributed by atoms with Gasteiger partial charge in [0.2, 0.25) is 5.91 Å². The van der Waals surface area contributed by atoms with Gasteiger partial charge < -0.3 is 25.8 Å². The number of methoxy groups -OCH3 is 2. The first-order chi connectivity index (χ1) is 13.3. The average Bonchev–Trinajstić information content (AvgIpc) is 2.69. The van der Waals surface area contributed by atoms with Crippen LogP contribution in [0.2, 0.25) is 5.02 Å². The van der Waals surface area contributed by atoms with Crippen molar-refractivity contribution in [3.05, 3.63) is 58.1 Å². The summed E-state index contributed by atoms with van der Waals surface area (Å²) in [5, 5.41) is 5.42. The highest BCUT2D eigenvalue weighted by Gasteiger charge is 2.15. The van der Waals surface area contributed by atoms with Gasteiger partial charge in [-0.1, -0.05) is 23.7 Å². The molecule has 4 N–H and O–H groups in total. The number of rotatable bonds is 8. The summed E-state index contributed by atoms with van der Waals surface area (Å²) in [6.07, 6.45) is 0. The minimum Gasteiger partial charge on any atom is -0.493 e. The molecule has 0 saturated heterocycles. The zero-order chi connectivity index (χ0) is 20.7. The standard InChI is InChI=1S/C19H20ClN3O5/c1-27-15-8-13(7-14(20)17(15)28-2)19(26)22-9-11-3-5-12(6-4-11)18(25)23-10-16(21)24/h3-8H,9-10H2,1-2H3,(H2,21,24)(H,22,26)(H,23,25). The molecule has 0 aliphatic carbocycles. The Morgan fingerprint density at radius 2 is 1.61 bits per heavy atom. The Kier molecular flexibility index (Phi) is 7.22. The average molecular weight is 406 g/mol. The Bertz CT molecular complexity index is 884. The fraction of sp³-hybridized carbons (Fsp3) is 0.211. The van der Waals surface area contributed by atoms with E-state index >= 15 is 0 Å². The lowest BCUT2D eigenvalue weighted by atomic mass is 10.1. The summed E-state index contributed by atoms with van der Waals surface area (Å²) in [6, 6.07) is 9.59. The second kappa shape index (κ2) is 9.61. The third kappa shape index (κ3) is 5.37. The molecule has 0 bridgehead atoms. The first-order valence-electron chi connectivity index (χ1n) is 8.21. The van der Waals surface area contributed by atoms with E-state index in [1.54, 1.807) is 24.3 Å². The first-order valence-corrected chi connectivity index (χ1v) is 8.58. The second-order valence-corrected chi connectivity index (χ2v) is 6.13. The summed E-state index contributed by atoms with van der Waals surface area (Å²) in [4.78, 5) is 34.9. The lowest BCUT2D eigenvalue weighted by molar-refractivity contribution is -0.117. The molecule has 0 aromatic heterocycles. The Balaban J connectivity index is 2.00. The van der Waals surface area contributed by atoms with Crippen LogP contribution >= 0.6 is 11.6 Å². The molecular weight excluding hydrogens is 386 g/mol. The number of primary amides is 1. The summed E-state index contributed by atoms with van der Waals surface area (Å²) in [5.41, 5.74) is 6.47. The molecule has 0 unspecified atom stereocenters. The molecule has 2 aromatic rings. The molecule has 0 spiro atoms. The molecule has 2 aromatic carbocycles. The van der Waals surface area contributed by atoms with Crippen LogP contribution < -0.4 is 25.8 Å². The Morgan fingerprint density at radius 1 is 0.964 bits per heavy atom. The smallest absolute Gasteiger partial charge is 0.251 e. The van der Waals surface area contributed by atoms with E-state index in [0.717, 1.165) is 5.56 Å². The number of hydrogen-bond acceptors (Lipinski definition) is 5. The van der Waals surface area contributed by atoms with Gasteiger partial charge >= 0.3 is 0 Å². The van der Waals surface area contributed by atoms with E-state index in [4.69, 9.17) is 26.8 Å². The minimum absolute atomic E-state index is 0.232. The van der Waals surface area contributed by atoms with E-state index < -0.39 is 11.8 Å². The molecule has 0 fully saturated rings. The number of carbonyl (C=O) groups is 3. The number of benzene rings is 2. The van der Waals surface area contributed by atoms with Crippen LogP contribution in [-0.2, 0) is 11.3 Å². The van der Waals surface area contributed by atoms with Crippen LogP contribution in [0.1, 0.15) is 26.3 Å². The Hall–Kier alpha value is -3.26. The number of amides is 3. The van der Waals surface area contributed by atoms with Crippen molar-refractivity contribution in [3.63, 3.8) is 0 Å². The van der Waals surface area contributed by atoms with Crippen molar-refractivity contribution in [3.8, 4) is 11.5 Å². The summed E-state index contributed by atoms with van der Waals surface area (Å²) in [6.45, 7) is 0.0124. The van der Waals surface area contributed by atoms with Gasteiger partial charge in [0.1, 0.15) is 0 Å². The molecule has 0 saturated carbocycles. The van der Waals surface area contributed by atoms with E-state index in [1.165, 1.54) is 26.4 Å². The normalized spacial score (nSPS) is 10.1. The minimum atomic E-state index is -0.622. The van der Waals surface area contributed by atoms with E-state index in [9.17, 15) is 14.4 Å². The van der Waals surface area contributed by atoms with E-state index in [1.807, 2.05) is 0 Å². The third-order valence-corrected chi connectivity index (χ3v) is 4.07. The molecule has 9 heteroatoms. The van der Waals surface area contributed by atoms with Gasteiger partial charge in [-0.15, -0.1) is 0 Å². The highest BCUT2D eigenvalue weighted by molar-refractivity contribution is 6.32. The van der Waals surface area contributed by atoms with Crippen LogP contribution in [0, 0.1) is 0 Å². The first kappa shape index (κ1) is 21.0.